The molecule has 0 saturated heterocycles. The summed E-state index contributed by atoms with van der Waals surface area (Å²) in [6.07, 6.45) is 0.862. The Morgan fingerprint density at radius 2 is 1.88 bits per heavy atom. The Morgan fingerprint density at radius 3 is 2.56 bits per heavy atom. The lowest BCUT2D eigenvalue weighted by Gasteiger charge is -2.21. The van der Waals surface area contributed by atoms with E-state index in [0.717, 1.165) is 22.6 Å². The van der Waals surface area contributed by atoms with Gasteiger partial charge in [-0.05, 0) is 29.3 Å². The van der Waals surface area contributed by atoms with Crippen molar-refractivity contribution in [3.05, 3.63) is 48.0 Å². The maximum Gasteiger partial charge on any atom is 0.123 e. The highest BCUT2D eigenvalue weighted by atomic mass is 16.3. The van der Waals surface area contributed by atoms with Gasteiger partial charge in [-0.25, -0.2) is 0 Å². The lowest BCUT2D eigenvalue weighted by molar-refractivity contribution is -0.112. The van der Waals surface area contributed by atoms with E-state index in [4.69, 9.17) is 0 Å². The van der Waals surface area contributed by atoms with Crippen molar-refractivity contribution in [2.24, 2.45) is 0 Å². The van der Waals surface area contributed by atoms with E-state index in [1.54, 1.807) is 6.92 Å². The third kappa shape index (κ3) is 1.97. The molecule has 0 aromatic heterocycles. The van der Waals surface area contributed by atoms with E-state index in [-0.39, 0.29) is 6.42 Å². The molecule has 0 spiro atoms. The molecule has 0 aliphatic rings. The lowest BCUT2D eigenvalue weighted by atomic mass is 9.91. The summed E-state index contributed by atoms with van der Waals surface area (Å²) in [6, 6.07) is 13.7. The first kappa shape index (κ1) is 10.8. The van der Waals surface area contributed by atoms with Crippen LogP contribution in [0.5, 0.6) is 0 Å². The minimum absolute atomic E-state index is 0.116. The molecule has 1 unspecified atom stereocenters. The molecule has 2 nitrogen and oxygen atoms in total. The SMILES string of the molecule is CC(O)(CC=O)c1ccc2ccccc2c1. The molecular formula is C14H14O2. The zero-order valence-electron chi connectivity index (χ0n) is 9.18. The fraction of sp³-hybridized carbons (Fsp3) is 0.214. The molecule has 1 N–H and O–H groups in total. The molecule has 0 heterocycles. The standard InChI is InChI=1S/C14H14O2/c1-14(16,8-9-15)13-7-6-11-4-2-3-5-12(11)10-13/h2-7,9-10,16H,8H2,1H3. The van der Waals surface area contributed by atoms with Gasteiger partial charge in [-0.1, -0.05) is 36.4 Å². The molecule has 0 amide bonds. The topological polar surface area (TPSA) is 37.3 Å². The van der Waals surface area contributed by atoms with Crippen LogP contribution in [0.1, 0.15) is 18.9 Å². The molecule has 0 bridgehead atoms. The lowest BCUT2D eigenvalue weighted by Crippen LogP contribution is -2.21. The van der Waals surface area contributed by atoms with Crippen molar-refractivity contribution >= 4 is 17.1 Å². The minimum Gasteiger partial charge on any atom is -0.385 e. The van der Waals surface area contributed by atoms with E-state index >= 15 is 0 Å². The van der Waals surface area contributed by atoms with Crippen molar-refractivity contribution in [3.8, 4) is 0 Å². The molecule has 0 fully saturated rings. The predicted octanol–water partition coefficient (Wildman–Crippen LogP) is 2.64. The van der Waals surface area contributed by atoms with E-state index in [9.17, 15) is 9.90 Å². The first-order valence-corrected chi connectivity index (χ1v) is 5.29. The summed E-state index contributed by atoms with van der Waals surface area (Å²) in [6.45, 7) is 1.66. The molecule has 1 atom stereocenters. The number of aldehydes is 1. The van der Waals surface area contributed by atoms with Gasteiger partial charge in [0.05, 0.1) is 5.60 Å². The van der Waals surface area contributed by atoms with E-state index in [1.807, 2.05) is 42.5 Å². The number of benzene rings is 2. The van der Waals surface area contributed by atoms with Crippen LogP contribution in [0.25, 0.3) is 10.8 Å². The molecule has 16 heavy (non-hydrogen) atoms. The second-order valence-electron chi connectivity index (χ2n) is 4.21. The van der Waals surface area contributed by atoms with Gasteiger partial charge in [0.1, 0.15) is 6.29 Å². The van der Waals surface area contributed by atoms with Crippen LogP contribution in [0, 0.1) is 0 Å². The van der Waals surface area contributed by atoms with E-state index in [1.165, 1.54) is 0 Å². The monoisotopic (exact) mass is 214 g/mol. The molecule has 2 aromatic rings. The Labute approximate surface area is 94.5 Å². The first-order chi connectivity index (χ1) is 7.63. The Morgan fingerprint density at radius 1 is 1.19 bits per heavy atom. The average molecular weight is 214 g/mol. The number of aliphatic hydroxyl groups is 1. The largest absolute Gasteiger partial charge is 0.385 e. The zero-order chi connectivity index (χ0) is 11.6. The van der Waals surface area contributed by atoms with Gasteiger partial charge in [0.15, 0.2) is 0 Å². The van der Waals surface area contributed by atoms with Gasteiger partial charge in [-0.15, -0.1) is 0 Å². The number of carbonyl (C=O) groups excluding carboxylic acids is 1. The molecule has 2 heteroatoms. The molecule has 0 saturated carbocycles. The van der Waals surface area contributed by atoms with Crippen LogP contribution >= 0.6 is 0 Å². The molecule has 0 aliphatic carbocycles. The van der Waals surface area contributed by atoms with E-state index in [0.29, 0.717) is 0 Å². The van der Waals surface area contributed by atoms with E-state index in [2.05, 4.69) is 0 Å². The molecule has 0 radical (unpaired) electrons. The third-order valence-corrected chi connectivity index (χ3v) is 2.85. The Bertz CT molecular complexity index is 515. The van der Waals surface area contributed by atoms with E-state index < -0.39 is 5.60 Å². The minimum atomic E-state index is -1.08. The second kappa shape index (κ2) is 4.06. The molecule has 82 valence electrons. The van der Waals surface area contributed by atoms with Crippen molar-refractivity contribution < 1.29 is 9.90 Å². The fourth-order valence-corrected chi connectivity index (χ4v) is 1.80. The van der Waals surface area contributed by atoms with Crippen LogP contribution in [0.2, 0.25) is 0 Å². The maximum absolute atomic E-state index is 10.5. The Balaban J connectivity index is 2.50. The summed E-state index contributed by atoms with van der Waals surface area (Å²) in [5.74, 6) is 0. The fourth-order valence-electron chi connectivity index (χ4n) is 1.80. The molecule has 2 aromatic carbocycles. The van der Waals surface area contributed by atoms with Gasteiger partial charge in [-0.3, -0.25) is 0 Å². The summed E-state index contributed by atoms with van der Waals surface area (Å²) < 4.78 is 0. The van der Waals surface area contributed by atoms with Crippen molar-refractivity contribution in [1.82, 2.24) is 0 Å². The highest BCUT2D eigenvalue weighted by Gasteiger charge is 2.22. The third-order valence-electron chi connectivity index (χ3n) is 2.85. The molecular weight excluding hydrogens is 200 g/mol. The van der Waals surface area contributed by atoms with Gasteiger partial charge in [0.2, 0.25) is 0 Å². The zero-order valence-corrected chi connectivity index (χ0v) is 9.18. The number of fused-ring (bicyclic) bond motifs is 1. The summed E-state index contributed by atoms with van der Waals surface area (Å²) in [5, 5.41) is 12.3. The van der Waals surface area contributed by atoms with Crippen LogP contribution in [-0.2, 0) is 10.4 Å². The van der Waals surface area contributed by atoms with Gasteiger partial charge >= 0.3 is 0 Å². The van der Waals surface area contributed by atoms with Crippen molar-refractivity contribution in [1.29, 1.82) is 0 Å². The van der Waals surface area contributed by atoms with Crippen LogP contribution < -0.4 is 0 Å². The van der Waals surface area contributed by atoms with Gasteiger partial charge in [-0.2, -0.15) is 0 Å². The highest BCUT2D eigenvalue weighted by Crippen LogP contribution is 2.26. The van der Waals surface area contributed by atoms with Gasteiger partial charge < -0.3 is 9.90 Å². The van der Waals surface area contributed by atoms with Gasteiger partial charge in [0.25, 0.3) is 0 Å². The summed E-state index contributed by atoms with van der Waals surface area (Å²) >= 11 is 0. The maximum atomic E-state index is 10.5. The predicted molar refractivity (Wildman–Crippen MR) is 64.2 cm³/mol. The molecule has 0 aliphatic heterocycles. The number of rotatable bonds is 3. The van der Waals surface area contributed by atoms with Crippen molar-refractivity contribution in [2.75, 3.05) is 0 Å². The summed E-state index contributed by atoms with van der Waals surface area (Å²) in [5.41, 5.74) is -0.301. The van der Waals surface area contributed by atoms with Crippen LogP contribution in [-0.4, -0.2) is 11.4 Å². The quantitative estimate of drug-likeness (QED) is 0.797. The normalized spacial score (nSPS) is 14.6. The van der Waals surface area contributed by atoms with Crippen molar-refractivity contribution in [2.45, 2.75) is 18.9 Å². The molecule has 2 rings (SSSR count). The number of carbonyl (C=O) groups is 1. The van der Waals surface area contributed by atoms with Crippen LogP contribution in [0.15, 0.2) is 42.5 Å². The summed E-state index contributed by atoms with van der Waals surface area (Å²) in [4.78, 5) is 10.5. The highest BCUT2D eigenvalue weighted by molar-refractivity contribution is 5.83. The smallest absolute Gasteiger partial charge is 0.123 e. The second-order valence-corrected chi connectivity index (χ2v) is 4.21. The average Bonchev–Trinajstić information content (AvgIpc) is 2.28. The van der Waals surface area contributed by atoms with Gasteiger partial charge in [0, 0.05) is 6.42 Å². The van der Waals surface area contributed by atoms with Crippen molar-refractivity contribution in [3.63, 3.8) is 0 Å². The van der Waals surface area contributed by atoms with Crippen LogP contribution in [0.4, 0.5) is 0 Å². The summed E-state index contributed by atoms with van der Waals surface area (Å²) in [7, 11) is 0. The Hall–Kier alpha value is -1.67. The Kier molecular flexibility index (Phi) is 2.75. The first-order valence-electron chi connectivity index (χ1n) is 5.29. The number of hydrogen-bond acceptors (Lipinski definition) is 2. The van der Waals surface area contributed by atoms with Crippen LogP contribution in [0.3, 0.4) is 0 Å². The number of hydrogen-bond donors (Lipinski definition) is 1.